The molecular formula is C16H18N2O. The van der Waals surface area contributed by atoms with E-state index in [0.29, 0.717) is 0 Å². The largest absolute Gasteiger partial charge is 0.326 e. The van der Waals surface area contributed by atoms with Crippen LogP contribution in [0, 0.1) is 5.92 Å². The van der Waals surface area contributed by atoms with Crippen LogP contribution < -0.4 is 10.6 Å². The molecule has 1 atom stereocenters. The van der Waals surface area contributed by atoms with E-state index in [1.54, 1.807) is 0 Å². The molecule has 0 aliphatic carbocycles. The van der Waals surface area contributed by atoms with Crippen molar-refractivity contribution in [3.8, 4) is 0 Å². The average Bonchev–Trinajstić information content (AvgIpc) is 2.48. The normalized spacial score (nSPS) is 19.3. The Balaban J connectivity index is 1.75. The molecule has 98 valence electrons. The number of carbonyl (C=O) groups excluding carboxylic acids is 1. The van der Waals surface area contributed by atoms with Crippen molar-refractivity contribution in [2.75, 3.05) is 18.4 Å². The van der Waals surface area contributed by atoms with E-state index in [4.69, 9.17) is 0 Å². The first-order chi connectivity index (χ1) is 9.33. The van der Waals surface area contributed by atoms with Gasteiger partial charge in [-0.15, -0.1) is 0 Å². The van der Waals surface area contributed by atoms with Crippen LogP contribution in [0.3, 0.4) is 0 Å². The Morgan fingerprint density at radius 3 is 2.79 bits per heavy atom. The second-order valence-electron chi connectivity index (χ2n) is 5.09. The molecule has 1 heterocycles. The Morgan fingerprint density at radius 2 is 2.00 bits per heavy atom. The first-order valence-corrected chi connectivity index (χ1v) is 6.83. The predicted octanol–water partition coefficient (Wildman–Crippen LogP) is 2.78. The highest BCUT2D eigenvalue weighted by atomic mass is 16.1. The van der Waals surface area contributed by atoms with Crippen LogP contribution in [0.4, 0.5) is 5.69 Å². The van der Waals surface area contributed by atoms with Crippen LogP contribution in [0.15, 0.2) is 42.5 Å². The molecule has 1 aliphatic heterocycles. The third kappa shape index (κ3) is 2.76. The monoisotopic (exact) mass is 254 g/mol. The zero-order valence-corrected chi connectivity index (χ0v) is 10.9. The molecule has 1 saturated heterocycles. The first kappa shape index (κ1) is 12.2. The molecule has 0 spiro atoms. The van der Waals surface area contributed by atoms with Crippen LogP contribution >= 0.6 is 0 Å². The van der Waals surface area contributed by atoms with E-state index in [9.17, 15) is 4.79 Å². The number of fused-ring (bicyclic) bond motifs is 1. The number of carbonyl (C=O) groups is 1. The minimum absolute atomic E-state index is 0.0974. The lowest BCUT2D eigenvalue weighted by Gasteiger charge is -2.21. The van der Waals surface area contributed by atoms with Crippen molar-refractivity contribution < 1.29 is 4.79 Å². The van der Waals surface area contributed by atoms with E-state index >= 15 is 0 Å². The Kier molecular flexibility index (Phi) is 3.47. The van der Waals surface area contributed by atoms with Gasteiger partial charge < -0.3 is 10.6 Å². The van der Waals surface area contributed by atoms with Crippen molar-refractivity contribution in [3.63, 3.8) is 0 Å². The summed E-state index contributed by atoms with van der Waals surface area (Å²) in [6.07, 6.45) is 2.06. The van der Waals surface area contributed by atoms with E-state index in [-0.39, 0.29) is 11.8 Å². The molecule has 1 aliphatic rings. The van der Waals surface area contributed by atoms with Gasteiger partial charge in [0.2, 0.25) is 5.91 Å². The number of benzene rings is 2. The zero-order chi connectivity index (χ0) is 13.1. The minimum atomic E-state index is 0.0974. The van der Waals surface area contributed by atoms with E-state index < -0.39 is 0 Å². The molecule has 3 rings (SSSR count). The van der Waals surface area contributed by atoms with Crippen molar-refractivity contribution in [3.05, 3.63) is 42.5 Å². The van der Waals surface area contributed by atoms with E-state index in [2.05, 4.69) is 22.8 Å². The zero-order valence-electron chi connectivity index (χ0n) is 10.9. The summed E-state index contributed by atoms with van der Waals surface area (Å²) in [6.45, 7) is 1.82. The smallest absolute Gasteiger partial charge is 0.228 e. The number of rotatable bonds is 2. The number of hydrogen-bond donors (Lipinski definition) is 2. The number of piperidine rings is 1. The molecule has 0 radical (unpaired) electrons. The molecule has 2 aromatic rings. The van der Waals surface area contributed by atoms with Crippen molar-refractivity contribution in [2.24, 2.45) is 5.92 Å². The second kappa shape index (κ2) is 5.41. The number of amides is 1. The third-order valence-corrected chi connectivity index (χ3v) is 3.68. The molecule has 2 aromatic carbocycles. The van der Waals surface area contributed by atoms with Gasteiger partial charge in [-0.25, -0.2) is 0 Å². The molecule has 3 heteroatoms. The van der Waals surface area contributed by atoms with Gasteiger partial charge >= 0.3 is 0 Å². The summed E-state index contributed by atoms with van der Waals surface area (Å²) in [5, 5.41) is 8.64. The summed E-state index contributed by atoms with van der Waals surface area (Å²) in [6, 6.07) is 14.2. The van der Waals surface area contributed by atoms with Crippen LogP contribution in [-0.4, -0.2) is 19.0 Å². The molecule has 2 N–H and O–H groups in total. The standard InChI is InChI=1S/C16H18N2O/c19-16(14-6-3-9-17-11-14)18-15-8-7-12-4-1-2-5-13(12)10-15/h1-2,4-5,7-8,10,14,17H,3,6,9,11H2,(H,18,19). The lowest BCUT2D eigenvalue weighted by Crippen LogP contribution is -2.37. The molecule has 0 bridgehead atoms. The second-order valence-corrected chi connectivity index (χ2v) is 5.09. The molecule has 3 nitrogen and oxygen atoms in total. The maximum absolute atomic E-state index is 12.2. The Hall–Kier alpha value is -1.87. The number of anilines is 1. The molecule has 19 heavy (non-hydrogen) atoms. The molecule has 1 fully saturated rings. The maximum Gasteiger partial charge on any atom is 0.228 e. The van der Waals surface area contributed by atoms with Gasteiger partial charge in [0, 0.05) is 12.2 Å². The summed E-state index contributed by atoms with van der Waals surface area (Å²) in [5.41, 5.74) is 0.884. The Bertz CT molecular complexity index is 588. The summed E-state index contributed by atoms with van der Waals surface area (Å²) >= 11 is 0. The lowest BCUT2D eigenvalue weighted by atomic mass is 9.98. The molecule has 0 aromatic heterocycles. The third-order valence-electron chi connectivity index (χ3n) is 3.68. The summed E-state index contributed by atoms with van der Waals surface area (Å²) in [4.78, 5) is 12.2. The molecule has 1 amide bonds. The summed E-state index contributed by atoms with van der Waals surface area (Å²) < 4.78 is 0. The van der Waals surface area contributed by atoms with Gasteiger partial charge in [0.25, 0.3) is 0 Å². The van der Waals surface area contributed by atoms with Crippen molar-refractivity contribution >= 4 is 22.4 Å². The number of hydrogen-bond acceptors (Lipinski definition) is 2. The first-order valence-electron chi connectivity index (χ1n) is 6.83. The highest BCUT2D eigenvalue weighted by Gasteiger charge is 2.20. The van der Waals surface area contributed by atoms with E-state index in [1.165, 1.54) is 5.39 Å². The molecule has 1 unspecified atom stereocenters. The fourth-order valence-electron chi connectivity index (χ4n) is 2.59. The van der Waals surface area contributed by atoms with Gasteiger partial charge in [0.1, 0.15) is 0 Å². The number of nitrogens with one attached hydrogen (secondary N) is 2. The summed E-state index contributed by atoms with van der Waals surface area (Å²) in [5.74, 6) is 0.225. The van der Waals surface area contributed by atoms with Crippen LogP contribution in [0.25, 0.3) is 10.8 Å². The lowest BCUT2D eigenvalue weighted by molar-refractivity contribution is -0.120. The van der Waals surface area contributed by atoms with Gasteiger partial charge in [-0.3, -0.25) is 4.79 Å². The van der Waals surface area contributed by atoms with E-state index in [0.717, 1.165) is 37.0 Å². The maximum atomic E-state index is 12.2. The van der Waals surface area contributed by atoms with Gasteiger partial charge in [-0.05, 0) is 42.3 Å². The quantitative estimate of drug-likeness (QED) is 0.865. The van der Waals surface area contributed by atoms with Crippen LogP contribution in [-0.2, 0) is 4.79 Å². The SMILES string of the molecule is O=C(Nc1ccc2ccccc2c1)C1CCCNC1. The van der Waals surface area contributed by atoms with Crippen molar-refractivity contribution in [2.45, 2.75) is 12.8 Å². The van der Waals surface area contributed by atoms with E-state index in [1.807, 2.05) is 30.3 Å². The molecular weight excluding hydrogens is 236 g/mol. The van der Waals surface area contributed by atoms with Gasteiger partial charge in [0.05, 0.1) is 5.92 Å². The van der Waals surface area contributed by atoms with Gasteiger partial charge in [0.15, 0.2) is 0 Å². The minimum Gasteiger partial charge on any atom is -0.326 e. The van der Waals surface area contributed by atoms with Crippen molar-refractivity contribution in [1.29, 1.82) is 0 Å². The topological polar surface area (TPSA) is 41.1 Å². The highest BCUT2D eigenvalue weighted by molar-refractivity contribution is 5.95. The summed E-state index contributed by atoms with van der Waals surface area (Å²) in [7, 11) is 0. The Morgan fingerprint density at radius 1 is 1.16 bits per heavy atom. The van der Waals surface area contributed by atoms with Gasteiger partial charge in [-0.2, -0.15) is 0 Å². The van der Waals surface area contributed by atoms with Crippen molar-refractivity contribution in [1.82, 2.24) is 5.32 Å². The van der Waals surface area contributed by atoms with Gasteiger partial charge in [-0.1, -0.05) is 30.3 Å². The Labute approximate surface area is 113 Å². The highest BCUT2D eigenvalue weighted by Crippen LogP contribution is 2.20. The fourth-order valence-corrected chi connectivity index (χ4v) is 2.59. The molecule has 0 saturated carbocycles. The van der Waals surface area contributed by atoms with Crippen LogP contribution in [0.2, 0.25) is 0 Å². The van der Waals surface area contributed by atoms with Crippen LogP contribution in [0.1, 0.15) is 12.8 Å². The average molecular weight is 254 g/mol. The fraction of sp³-hybridized carbons (Fsp3) is 0.312. The van der Waals surface area contributed by atoms with Crippen LogP contribution in [0.5, 0.6) is 0 Å². The predicted molar refractivity (Wildman–Crippen MR) is 78.2 cm³/mol.